The highest BCUT2D eigenvalue weighted by Crippen LogP contribution is 2.11. The van der Waals surface area contributed by atoms with Gasteiger partial charge in [0, 0.05) is 26.4 Å². The highest BCUT2D eigenvalue weighted by atomic mass is 16.3. The Morgan fingerprint density at radius 2 is 2.04 bits per heavy atom. The summed E-state index contributed by atoms with van der Waals surface area (Å²) in [5.41, 5.74) is 0.788. The van der Waals surface area contributed by atoms with Gasteiger partial charge >= 0.3 is 0 Å². The maximum atomic E-state index is 12.2. The number of hydrogen-bond donors (Lipinski definition) is 1. The first kappa shape index (κ1) is 15.7. The number of anilines is 1. The SMILES string of the molecule is CN(C)c1nccc(CNC(=O)c2cc(=O)c3ccccc3o2)n1. The first-order chi connectivity index (χ1) is 11.5. The van der Waals surface area contributed by atoms with Crippen molar-refractivity contribution in [2.24, 2.45) is 0 Å². The lowest BCUT2D eigenvalue weighted by molar-refractivity contribution is 0.0923. The van der Waals surface area contributed by atoms with Crippen molar-refractivity contribution < 1.29 is 9.21 Å². The summed E-state index contributed by atoms with van der Waals surface area (Å²) in [6, 6.07) is 9.72. The van der Waals surface area contributed by atoms with Gasteiger partial charge in [0.1, 0.15) is 5.58 Å². The van der Waals surface area contributed by atoms with Gasteiger partial charge in [-0.1, -0.05) is 12.1 Å². The molecule has 0 saturated carbocycles. The minimum absolute atomic E-state index is 0.0272. The molecule has 0 aliphatic heterocycles. The van der Waals surface area contributed by atoms with Crippen LogP contribution >= 0.6 is 0 Å². The molecule has 0 fully saturated rings. The van der Waals surface area contributed by atoms with Crippen LogP contribution in [0.4, 0.5) is 5.95 Å². The molecule has 7 nitrogen and oxygen atoms in total. The second-order valence-electron chi connectivity index (χ2n) is 5.40. The maximum absolute atomic E-state index is 12.2. The molecule has 2 heterocycles. The molecule has 0 bridgehead atoms. The van der Waals surface area contributed by atoms with Gasteiger partial charge in [-0.2, -0.15) is 0 Å². The normalized spacial score (nSPS) is 10.6. The Kier molecular flexibility index (Phi) is 4.24. The van der Waals surface area contributed by atoms with Gasteiger partial charge in [0.15, 0.2) is 11.2 Å². The quantitative estimate of drug-likeness (QED) is 0.784. The molecule has 1 aromatic carbocycles. The summed E-state index contributed by atoms with van der Waals surface area (Å²) in [5.74, 6) is 0.0578. The van der Waals surface area contributed by atoms with E-state index in [1.165, 1.54) is 6.07 Å². The van der Waals surface area contributed by atoms with E-state index >= 15 is 0 Å². The smallest absolute Gasteiger partial charge is 0.287 e. The topological polar surface area (TPSA) is 88.3 Å². The maximum Gasteiger partial charge on any atom is 0.287 e. The van der Waals surface area contributed by atoms with Gasteiger partial charge in [0.2, 0.25) is 5.95 Å². The molecular weight excluding hydrogens is 308 g/mol. The van der Waals surface area contributed by atoms with E-state index in [2.05, 4.69) is 15.3 Å². The zero-order valence-corrected chi connectivity index (χ0v) is 13.3. The summed E-state index contributed by atoms with van der Waals surface area (Å²) in [4.78, 5) is 34.5. The number of aromatic nitrogens is 2. The van der Waals surface area contributed by atoms with Crippen molar-refractivity contribution in [3.63, 3.8) is 0 Å². The van der Waals surface area contributed by atoms with Gasteiger partial charge < -0.3 is 14.6 Å². The van der Waals surface area contributed by atoms with Crippen LogP contribution in [0.1, 0.15) is 16.2 Å². The third-order valence-electron chi connectivity index (χ3n) is 3.39. The van der Waals surface area contributed by atoms with E-state index in [0.29, 0.717) is 22.6 Å². The number of rotatable bonds is 4. The number of fused-ring (bicyclic) bond motifs is 1. The molecule has 0 saturated heterocycles. The molecule has 0 aliphatic rings. The van der Waals surface area contributed by atoms with E-state index in [-0.39, 0.29) is 17.7 Å². The lowest BCUT2D eigenvalue weighted by Gasteiger charge is -2.11. The first-order valence-corrected chi connectivity index (χ1v) is 7.35. The average Bonchev–Trinajstić information content (AvgIpc) is 2.60. The van der Waals surface area contributed by atoms with E-state index in [1.807, 2.05) is 14.1 Å². The summed E-state index contributed by atoms with van der Waals surface area (Å²) in [5, 5.41) is 3.14. The third-order valence-corrected chi connectivity index (χ3v) is 3.39. The number of amides is 1. The molecule has 0 aliphatic carbocycles. The Morgan fingerprint density at radius 1 is 1.25 bits per heavy atom. The monoisotopic (exact) mass is 324 g/mol. The average molecular weight is 324 g/mol. The summed E-state index contributed by atoms with van der Waals surface area (Å²) < 4.78 is 5.50. The van der Waals surface area contributed by atoms with Crippen LogP contribution in [0.25, 0.3) is 11.0 Å². The van der Waals surface area contributed by atoms with E-state index in [0.717, 1.165) is 0 Å². The largest absolute Gasteiger partial charge is 0.451 e. The number of carbonyl (C=O) groups is 1. The van der Waals surface area contributed by atoms with Gasteiger partial charge in [0.05, 0.1) is 17.6 Å². The number of carbonyl (C=O) groups excluding carboxylic acids is 1. The fourth-order valence-electron chi connectivity index (χ4n) is 2.17. The molecule has 0 spiro atoms. The van der Waals surface area contributed by atoms with Gasteiger partial charge in [0.25, 0.3) is 5.91 Å². The summed E-state index contributed by atoms with van der Waals surface area (Å²) in [6.45, 7) is 0.207. The van der Waals surface area contributed by atoms with Crippen LogP contribution in [0.3, 0.4) is 0 Å². The zero-order chi connectivity index (χ0) is 17.1. The van der Waals surface area contributed by atoms with Crippen molar-refractivity contribution in [2.75, 3.05) is 19.0 Å². The van der Waals surface area contributed by atoms with Crippen LogP contribution in [0.5, 0.6) is 0 Å². The van der Waals surface area contributed by atoms with Crippen molar-refractivity contribution in [1.29, 1.82) is 0 Å². The first-order valence-electron chi connectivity index (χ1n) is 7.35. The van der Waals surface area contributed by atoms with Crippen molar-refractivity contribution in [2.45, 2.75) is 6.54 Å². The molecule has 7 heteroatoms. The summed E-state index contributed by atoms with van der Waals surface area (Å²) in [6.07, 6.45) is 1.62. The van der Waals surface area contributed by atoms with Gasteiger partial charge in [-0.15, -0.1) is 0 Å². The van der Waals surface area contributed by atoms with Crippen LogP contribution in [-0.2, 0) is 6.54 Å². The molecule has 3 rings (SSSR count). The minimum Gasteiger partial charge on any atom is -0.451 e. The van der Waals surface area contributed by atoms with Crippen LogP contribution in [0.15, 0.2) is 51.8 Å². The Bertz CT molecular complexity index is 950. The second kappa shape index (κ2) is 6.49. The number of para-hydroxylation sites is 1. The molecule has 3 aromatic rings. The molecule has 122 valence electrons. The molecule has 0 unspecified atom stereocenters. The zero-order valence-electron chi connectivity index (χ0n) is 13.3. The lowest BCUT2D eigenvalue weighted by atomic mass is 10.2. The predicted molar refractivity (Wildman–Crippen MR) is 90.0 cm³/mol. The number of nitrogens with one attached hydrogen (secondary N) is 1. The Labute approximate surface area is 138 Å². The Morgan fingerprint density at radius 3 is 2.83 bits per heavy atom. The molecule has 0 radical (unpaired) electrons. The molecule has 1 N–H and O–H groups in total. The fourth-order valence-corrected chi connectivity index (χ4v) is 2.17. The van der Waals surface area contributed by atoms with Crippen LogP contribution < -0.4 is 15.6 Å². The molecule has 2 aromatic heterocycles. The standard InChI is InChI=1S/C17H16N4O3/c1-21(2)17-18-8-7-11(20-17)10-19-16(23)15-9-13(22)12-5-3-4-6-14(12)24-15/h3-9H,10H2,1-2H3,(H,19,23). The predicted octanol–water partition coefficient (Wildman–Crippen LogP) is 1.58. The van der Waals surface area contributed by atoms with Crippen molar-refractivity contribution in [3.05, 3.63) is 64.3 Å². The minimum atomic E-state index is -0.470. The van der Waals surface area contributed by atoms with Crippen LogP contribution in [-0.4, -0.2) is 30.0 Å². The van der Waals surface area contributed by atoms with Gasteiger partial charge in [-0.25, -0.2) is 9.97 Å². The Hall–Kier alpha value is -3.22. The van der Waals surface area contributed by atoms with E-state index in [4.69, 9.17) is 4.42 Å². The van der Waals surface area contributed by atoms with E-state index in [1.54, 1.807) is 41.4 Å². The number of benzene rings is 1. The van der Waals surface area contributed by atoms with Gasteiger partial charge in [-0.05, 0) is 18.2 Å². The summed E-state index contributed by atoms with van der Waals surface area (Å²) in [7, 11) is 3.67. The number of hydrogen-bond acceptors (Lipinski definition) is 6. The van der Waals surface area contributed by atoms with Crippen LogP contribution in [0, 0.1) is 0 Å². The highest BCUT2D eigenvalue weighted by Gasteiger charge is 2.12. The summed E-state index contributed by atoms with van der Waals surface area (Å²) >= 11 is 0. The van der Waals surface area contributed by atoms with E-state index < -0.39 is 5.91 Å². The molecule has 1 amide bonds. The molecule has 24 heavy (non-hydrogen) atoms. The highest BCUT2D eigenvalue weighted by molar-refractivity contribution is 5.93. The van der Waals surface area contributed by atoms with Crippen LogP contribution in [0.2, 0.25) is 0 Å². The van der Waals surface area contributed by atoms with E-state index in [9.17, 15) is 9.59 Å². The van der Waals surface area contributed by atoms with Gasteiger partial charge in [-0.3, -0.25) is 9.59 Å². The molecular formula is C17H16N4O3. The fraction of sp³-hybridized carbons (Fsp3) is 0.176. The second-order valence-corrected chi connectivity index (χ2v) is 5.40. The van der Waals surface area contributed by atoms with Crippen molar-refractivity contribution in [3.8, 4) is 0 Å². The Balaban J connectivity index is 1.78. The molecule has 0 atom stereocenters. The lowest BCUT2D eigenvalue weighted by Crippen LogP contribution is -2.25. The van der Waals surface area contributed by atoms with Crippen molar-refractivity contribution in [1.82, 2.24) is 15.3 Å². The third kappa shape index (κ3) is 3.24. The van der Waals surface area contributed by atoms with Crippen molar-refractivity contribution >= 4 is 22.8 Å². The number of nitrogens with zero attached hydrogens (tertiary/aromatic N) is 3.